The van der Waals surface area contributed by atoms with E-state index in [0.29, 0.717) is 41.4 Å². The van der Waals surface area contributed by atoms with Crippen LogP contribution in [0.4, 0.5) is 19.0 Å². The summed E-state index contributed by atoms with van der Waals surface area (Å²) in [5, 5.41) is 3.37. The first-order valence-corrected chi connectivity index (χ1v) is 11.0. The van der Waals surface area contributed by atoms with Crippen molar-refractivity contribution < 1.29 is 13.2 Å². The number of fused-ring (bicyclic) bond motifs is 3. The van der Waals surface area contributed by atoms with Crippen molar-refractivity contribution in [3.8, 4) is 22.5 Å². The Morgan fingerprint density at radius 2 is 1.97 bits per heavy atom. The number of pyridine rings is 1. The number of nitrogens with one attached hydrogen (secondary N) is 1. The van der Waals surface area contributed by atoms with Gasteiger partial charge in [0.05, 0.1) is 17.2 Å². The summed E-state index contributed by atoms with van der Waals surface area (Å²) in [6, 6.07) is 6.47. The van der Waals surface area contributed by atoms with Crippen LogP contribution in [0.25, 0.3) is 22.5 Å². The molecule has 2 aromatic rings. The molecule has 0 aliphatic carbocycles. The van der Waals surface area contributed by atoms with Crippen molar-refractivity contribution in [1.82, 2.24) is 24.1 Å². The molecule has 0 saturated heterocycles. The monoisotopic (exact) mass is 481 g/mol. The largest absolute Gasteiger partial charge is 0.416 e. The quantitative estimate of drug-likeness (QED) is 0.483. The molecule has 0 saturated carbocycles. The summed E-state index contributed by atoms with van der Waals surface area (Å²) >= 11 is 0. The maximum Gasteiger partial charge on any atom is 0.416 e. The first kappa shape index (κ1) is 22.8. The molecule has 1 aromatic heterocycles. The summed E-state index contributed by atoms with van der Waals surface area (Å²) in [7, 11) is 1.63. The topological polar surface area (TPSA) is 90.0 Å². The minimum Gasteiger partial charge on any atom is -0.369 e. The van der Waals surface area contributed by atoms with Gasteiger partial charge < -0.3 is 14.5 Å². The van der Waals surface area contributed by atoms with Gasteiger partial charge in [0.15, 0.2) is 5.49 Å². The third kappa shape index (κ3) is 4.17. The van der Waals surface area contributed by atoms with Crippen LogP contribution >= 0.6 is 0 Å². The standard InChI is InChI=1S/C24H22F3N7O/c1-13(15-5-4-6-17(9-15)24(25,26)27)30-20-19-10-18(16-11-29-23(35)33(3)12-16)21-28-7-8-34(21)22(19)32-14(2)31-20/h4-6,9-13,28H,7-8H2,1-3H3/t13-/m1/s1. The minimum absolute atomic E-state index is 0.364. The molecule has 0 fully saturated rings. The second-order valence-electron chi connectivity index (χ2n) is 8.48. The van der Waals surface area contributed by atoms with Gasteiger partial charge in [0, 0.05) is 43.7 Å². The van der Waals surface area contributed by atoms with E-state index < -0.39 is 17.8 Å². The third-order valence-corrected chi connectivity index (χ3v) is 5.99. The van der Waals surface area contributed by atoms with E-state index in [1.165, 1.54) is 16.8 Å². The molecule has 1 N–H and O–H groups in total. The number of benzene rings is 1. The van der Waals surface area contributed by atoms with Gasteiger partial charge in [0.25, 0.3) is 0 Å². The lowest BCUT2D eigenvalue weighted by Crippen LogP contribution is -2.21. The van der Waals surface area contributed by atoms with Crippen molar-refractivity contribution in [2.75, 3.05) is 11.9 Å². The number of hydrogen-bond acceptors (Lipinski definition) is 6. The average molecular weight is 481 g/mol. The fourth-order valence-corrected chi connectivity index (χ4v) is 4.25. The van der Waals surface area contributed by atoms with Gasteiger partial charge in [-0.05, 0) is 37.6 Å². The summed E-state index contributed by atoms with van der Waals surface area (Å²) in [6.45, 7) is 4.85. The van der Waals surface area contributed by atoms with Gasteiger partial charge in [0.2, 0.25) is 0 Å². The van der Waals surface area contributed by atoms with Crippen molar-refractivity contribution in [2.24, 2.45) is 12.0 Å². The molecular formula is C24H22F3N7O. The molecule has 1 atom stereocenters. The molecule has 0 amide bonds. The Kier molecular flexibility index (Phi) is 5.42. The van der Waals surface area contributed by atoms with Crippen LogP contribution in [0.1, 0.15) is 29.9 Å². The molecule has 0 spiro atoms. The third-order valence-electron chi connectivity index (χ3n) is 5.99. The van der Waals surface area contributed by atoms with E-state index in [-0.39, 0.29) is 5.69 Å². The number of nitrogens with zero attached hydrogens (tertiary/aromatic N) is 6. The molecule has 3 aliphatic heterocycles. The number of rotatable bonds is 3. The van der Waals surface area contributed by atoms with Gasteiger partial charge in [-0.2, -0.15) is 13.2 Å². The highest BCUT2D eigenvalue weighted by Gasteiger charge is 2.31. The number of hydrogen-bond donors (Lipinski definition) is 1. The number of aryl methyl sites for hydroxylation is 2. The summed E-state index contributed by atoms with van der Waals surface area (Å²) in [5.74, 6) is 2.02. The van der Waals surface area contributed by atoms with Crippen molar-refractivity contribution in [2.45, 2.75) is 32.6 Å². The van der Waals surface area contributed by atoms with Crippen LogP contribution in [0.5, 0.6) is 0 Å². The normalized spacial score (nSPS) is 14.7. The molecule has 4 heterocycles. The van der Waals surface area contributed by atoms with Gasteiger partial charge in [-0.1, -0.05) is 12.1 Å². The summed E-state index contributed by atoms with van der Waals surface area (Å²) in [4.78, 5) is 29.6. The van der Waals surface area contributed by atoms with Crippen molar-refractivity contribution in [3.05, 3.63) is 75.6 Å². The summed E-state index contributed by atoms with van der Waals surface area (Å²) in [6.07, 6.45) is -1.22. The Bertz CT molecular complexity index is 1540. The predicted octanol–water partition coefficient (Wildman–Crippen LogP) is 3.56. The van der Waals surface area contributed by atoms with Crippen LogP contribution in [0.3, 0.4) is 0 Å². The second kappa shape index (κ2) is 8.33. The van der Waals surface area contributed by atoms with E-state index in [0.717, 1.165) is 29.1 Å². The maximum absolute atomic E-state index is 13.2. The lowest BCUT2D eigenvalue weighted by atomic mass is 10.0. The van der Waals surface area contributed by atoms with E-state index >= 15 is 0 Å². The van der Waals surface area contributed by atoms with Gasteiger partial charge in [0.1, 0.15) is 17.5 Å². The van der Waals surface area contributed by atoms with E-state index in [4.69, 9.17) is 4.99 Å². The van der Waals surface area contributed by atoms with Crippen LogP contribution in [0.2, 0.25) is 0 Å². The predicted molar refractivity (Wildman–Crippen MR) is 124 cm³/mol. The van der Waals surface area contributed by atoms with Gasteiger partial charge in [-0.3, -0.25) is 4.99 Å². The Morgan fingerprint density at radius 3 is 2.71 bits per heavy atom. The molecule has 0 unspecified atom stereocenters. The van der Waals surface area contributed by atoms with Crippen molar-refractivity contribution in [1.29, 1.82) is 0 Å². The highest BCUT2D eigenvalue weighted by atomic mass is 19.4. The highest BCUT2D eigenvalue weighted by molar-refractivity contribution is 5.81. The molecule has 1 aromatic carbocycles. The lowest BCUT2D eigenvalue weighted by Gasteiger charge is -2.18. The summed E-state index contributed by atoms with van der Waals surface area (Å²) < 4.78 is 43.1. The van der Waals surface area contributed by atoms with Crippen LogP contribution in [0.15, 0.2) is 52.5 Å². The fourth-order valence-electron chi connectivity index (χ4n) is 4.25. The van der Waals surface area contributed by atoms with Crippen LogP contribution in [0, 0.1) is 6.92 Å². The fraction of sp³-hybridized carbons (Fsp3) is 0.292. The average Bonchev–Trinajstić information content (AvgIpc) is 3.30. The molecule has 35 heavy (non-hydrogen) atoms. The van der Waals surface area contributed by atoms with Gasteiger partial charge in [-0.15, -0.1) is 0 Å². The van der Waals surface area contributed by atoms with Gasteiger partial charge >= 0.3 is 11.9 Å². The number of anilines is 1. The Morgan fingerprint density at radius 1 is 1.17 bits per heavy atom. The van der Waals surface area contributed by atoms with Crippen LogP contribution in [-0.2, 0) is 19.8 Å². The molecule has 0 radical (unpaired) electrons. The SMILES string of the molecule is Cc1nc2n3c(c(-c4cnc(=O)n(C)c4)cc-2c(=N[C@H](C)c2cccc(C(F)(F)F)c2)n1)NCC3. The van der Waals surface area contributed by atoms with Crippen molar-refractivity contribution >= 4 is 5.82 Å². The maximum atomic E-state index is 13.2. The minimum atomic E-state index is -4.43. The number of halogens is 3. The van der Waals surface area contributed by atoms with E-state index in [2.05, 4.69) is 20.3 Å². The van der Waals surface area contributed by atoms with E-state index in [9.17, 15) is 18.0 Å². The molecule has 180 valence electrons. The summed E-state index contributed by atoms with van der Waals surface area (Å²) in [5.41, 5.74) is 1.92. The Labute approximate surface area is 198 Å². The molecular weight excluding hydrogens is 459 g/mol. The molecule has 8 nitrogen and oxygen atoms in total. The Hall–Kier alpha value is -4.02. The number of aromatic nitrogens is 5. The zero-order valence-electron chi connectivity index (χ0n) is 19.3. The molecule has 3 aliphatic rings. The molecule has 11 heteroatoms. The lowest BCUT2D eigenvalue weighted by molar-refractivity contribution is -0.137. The van der Waals surface area contributed by atoms with E-state index in [1.807, 2.05) is 10.6 Å². The molecule has 0 bridgehead atoms. The first-order valence-electron chi connectivity index (χ1n) is 11.0. The van der Waals surface area contributed by atoms with Crippen molar-refractivity contribution in [3.63, 3.8) is 0 Å². The van der Waals surface area contributed by atoms with E-state index in [1.54, 1.807) is 33.2 Å². The second-order valence-corrected chi connectivity index (χ2v) is 8.48. The number of alkyl halides is 3. The first-order chi connectivity index (χ1) is 16.6. The Balaban J connectivity index is 1.71. The molecule has 5 rings (SSSR count). The van der Waals surface area contributed by atoms with Crippen LogP contribution < -0.4 is 16.5 Å². The highest BCUT2D eigenvalue weighted by Crippen LogP contribution is 2.36. The van der Waals surface area contributed by atoms with Crippen LogP contribution in [-0.4, -0.2) is 30.6 Å². The smallest absolute Gasteiger partial charge is 0.369 e. The zero-order valence-corrected chi connectivity index (χ0v) is 19.3. The zero-order chi connectivity index (χ0) is 24.9. The van der Waals surface area contributed by atoms with Gasteiger partial charge in [-0.25, -0.2) is 19.7 Å².